The monoisotopic (exact) mass is 327 g/mol. The molecule has 24 heavy (non-hydrogen) atoms. The average molecular weight is 327 g/mol. The molecule has 1 amide bonds. The smallest absolute Gasteiger partial charge is 0.276 e. The van der Waals surface area contributed by atoms with Crippen molar-refractivity contribution in [2.75, 3.05) is 12.3 Å². The van der Waals surface area contributed by atoms with Crippen LogP contribution in [0.25, 0.3) is 5.69 Å². The van der Waals surface area contributed by atoms with Gasteiger partial charge in [-0.1, -0.05) is 5.21 Å². The lowest BCUT2D eigenvalue weighted by molar-refractivity contribution is 0.0944. The van der Waals surface area contributed by atoms with E-state index in [4.69, 9.17) is 14.9 Å². The number of hydrogen-bond donors (Lipinski definition) is 2. The van der Waals surface area contributed by atoms with E-state index in [2.05, 4.69) is 15.6 Å². The van der Waals surface area contributed by atoms with Gasteiger partial charge in [0.25, 0.3) is 5.91 Å². The number of anilines is 1. The third-order valence-corrected chi connectivity index (χ3v) is 3.32. The summed E-state index contributed by atoms with van der Waals surface area (Å²) in [7, 11) is 0. The number of nitrogen functional groups attached to an aromatic ring is 1. The van der Waals surface area contributed by atoms with Crippen molar-refractivity contribution in [1.29, 1.82) is 0 Å². The Morgan fingerprint density at radius 3 is 2.79 bits per heavy atom. The first-order chi connectivity index (χ1) is 11.7. The van der Waals surface area contributed by atoms with Gasteiger partial charge in [-0.3, -0.25) is 4.79 Å². The second-order valence-corrected chi connectivity index (χ2v) is 4.92. The van der Waals surface area contributed by atoms with Gasteiger partial charge in [0.05, 0.1) is 25.1 Å². The number of carbonyl (C=O) groups is 1. The fourth-order valence-corrected chi connectivity index (χ4v) is 2.16. The fourth-order valence-electron chi connectivity index (χ4n) is 2.16. The zero-order valence-corrected chi connectivity index (χ0v) is 13.1. The summed E-state index contributed by atoms with van der Waals surface area (Å²) in [5.74, 6) is 1.13. The molecule has 3 aromatic rings. The van der Waals surface area contributed by atoms with Crippen LogP contribution in [0.5, 0.6) is 5.75 Å². The topological polar surface area (TPSA) is 108 Å². The number of nitrogens with zero attached hydrogens (tertiary/aromatic N) is 3. The normalized spacial score (nSPS) is 10.5. The quantitative estimate of drug-likeness (QED) is 0.714. The number of furan rings is 1. The van der Waals surface area contributed by atoms with Crippen LogP contribution in [-0.4, -0.2) is 27.5 Å². The Morgan fingerprint density at radius 2 is 2.12 bits per heavy atom. The third-order valence-electron chi connectivity index (χ3n) is 3.32. The molecule has 8 nitrogen and oxygen atoms in total. The average Bonchev–Trinajstić information content (AvgIpc) is 3.23. The van der Waals surface area contributed by atoms with Crippen LogP contribution in [0, 0.1) is 0 Å². The molecule has 0 bridgehead atoms. The summed E-state index contributed by atoms with van der Waals surface area (Å²) in [5, 5.41) is 10.5. The van der Waals surface area contributed by atoms with E-state index in [0.717, 1.165) is 5.75 Å². The van der Waals surface area contributed by atoms with Gasteiger partial charge in [0, 0.05) is 0 Å². The number of hydrogen-bond acceptors (Lipinski definition) is 6. The van der Waals surface area contributed by atoms with Crippen molar-refractivity contribution in [2.24, 2.45) is 0 Å². The Labute approximate surface area is 138 Å². The summed E-state index contributed by atoms with van der Waals surface area (Å²) >= 11 is 0. The standard InChI is InChI=1S/C16H17N5O3/c1-2-23-12-7-5-11(6-8-12)21-15(17)14(19-20-21)16(22)18-10-13-4-3-9-24-13/h3-9H,2,10,17H2,1H3,(H,18,22). The molecule has 3 rings (SSSR count). The number of rotatable bonds is 6. The number of amides is 1. The van der Waals surface area contributed by atoms with E-state index in [9.17, 15) is 4.79 Å². The number of nitrogens with two attached hydrogens (primary N) is 1. The maximum atomic E-state index is 12.2. The van der Waals surface area contributed by atoms with Gasteiger partial charge in [0.15, 0.2) is 11.5 Å². The van der Waals surface area contributed by atoms with Crippen LogP contribution in [-0.2, 0) is 6.54 Å². The second kappa shape index (κ2) is 6.86. The summed E-state index contributed by atoms with van der Waals surface area (Å²) in [6.45, 7) is 2.75. The van der Waals surface area contributed by atoms with Crippen LogP contribution in [0.4, 0.5) is 5.82 Å². The lowest BCUT2D eigenvalue weighted by Gasteiger charge is -2.06. The molecule has 0 aliphatic heterocycles. The highest BCUT2D eigenvalue weighted by Crippen LogP contribution is 2.18. The van der Waals surface area contributed by atoms with E-state index in [0.29, 0.717) is 18.1 Å². The van der Waals surface area contributed by atoms with Gasteiger partial charge in [0.1, 0.15) is 11.5 Å². The first-order valence-corrected chi connectivity index (χ1v) is 7.44. The Kier molecular flexibility index (Phi) is 4.46. The Balaban J connectivity index is 1.74. The van der Waals surface area contributed by atoms with Gasteiger partial charge in [0.2, 0.25) is 0 Å². The third kappa shape index (κ3) is 3.22. The van der Waals surface area contributed by atoms with E-state index < -0.39 is 5.91 Å². The maximum Gasteiger partial charge on any atom is 0.276 e. The van der Waals surface area contributed by atoms with Crippen molar-refractivity contribution < 1.29 is 13.9 Å². The van der Waals surface area contributed by atoms with Gasteiger partial charge in [-0.15, -0.1) is 5.10 Å². The van der Waals surface area contributed by atoms with Gasteiger partial charge in [-0.25, -0.2) is 0 Å². The molecule has 2 heterocycles. The predicted molar refractivity (Wildman–Crippen MR) is 86.8 cm³/mol. The minimum atomic E-state index is -0.416. The van der Waals surface area contributed by atoms with Gasteiger partial charge in [-0.05, 0) is 43.3 Å². The summed E-state index contributed by atoms with van der Waals surface area (Å²) < 4.78 is 11.9. The molecule has 0 radical (unpaired) electrons. The maximum absolute atomic E-state index is 12.2. The highest BCUT2D eigenvalue weighted by atomic mass is 16.5. The number of aromatic nitrogens is 3. The molecule has 1 aromatic carbocycles. The lowest BCUT2D eigenvalue weighted by atomic mass is 10.3. The van der Waals surface area contributed by atoms with Crippen LogP contribution in [0.3, 0.4) is 0 Å². The van der Waals surface area contributed by atoms with E-state index in [1.807, 2.05) is 6.92 Å². The number of nitrogens with one attached hydrogen (secondary N) is 1. The van der Waals surface area contributed by atoms with Crippen molar-refractivity contribution in [3.63, 3.8) is 0 Å². The molecule has 0 aliphatic rings. The Morgan fingerprint density at radius 1 is 1.33 bits per heavy atom. The van der Waals surface area contributed by atoms with Crippen molar-refractivity contribution in [1.82, 2.24) is 20.3 Å². The van der Waals surface area contributed by atoms with Crippen molar-refractivity contribution in [3.8, 4) is 11.4 Å². The SMILES string of the molecule is CCOc1ccc(-n2nnc(C(=O)NCc3ccco3)c2N)cc1. The highest BCUT2D eigenvalue weighted by Gasteiger charge is 2.18. The molecule has 8 heteroatoms. The van der Waals surface area contributed by atoms with Crippen LogP contribution < -0.4 is 15.8 Å². The number of ether oxygens (including phenoxy) is 1. The van der Waals surface area contributed by atoms with Gasteiger partial charge >= 0.3 is 0 Å². The summed E-state index contributed by atoms with van der Waals surface area (Å²) in [6, 6.07) is 10.7. The Hall–Kier alpha value is -3.29. The van der Waals surface area contributed by atoms with Crippen molar-refractivity contribution >= 4 is 11.7 Å². The van der Waals surface area contributed by atoms with Crippen molar-refractivity contribution in [3.05, 3.63) is 54.1 Å². The molecule has 0 unspecified atom stereocenters. The van der Waals surface area contributed by atoms with Crippen LogP contribution in [0.1, 0.15) is 23.2 Å². The number of carbonyl (C=O) groups excluding carboxylic acids is 1. The summed E-state index contributed by atoms with van der Waals surface area (Å²) in [5.41, 5.74) is 6.76. The molecule has 0 saturated heterocycles. The largest absolute Gasteiger partial charge is 0.494 e. The summed E-state index contributed by atoms with van der Waals surface area (Å²) in [4.78, 5) is 12.2. The highest BCUT2D eigenvalue weighted by molar-refractivity contribution is 5.96. The molecule has 0 aliphatic carbocycles. The van der Waals surface area contributed by atoms with E-state index in [1.54, 1.807) is 36.4 Å². The second-order valence-electron chi connectivity index (χ2n) is 4.92. The Bertz CT molecular complexity index is 809. The molecular weight excluding hydrogens is 310 g/mol. The zero-order valence-electron chi connectivity index (χ0n) is 13.1. The number of benzene rings is 1. The molecule has 0 spiro atoms. The minimum Gasteiger partial charge on any atom is -0.494 e. The molecule has 0 saturated carbocycles. The minimum absolute atomic E-state index is 0.0652. The zero-order chi connectivity index (χ0) is 16.9. The molecule has 0 fully saturated rings. The molecular formula is C16H17N5O3. The first kappa shape index (κ1) is 15.6. The molecule has 2 aromatic heterocycles. The summed E-state index contributed by atoms with van der Waals surface area (Å²) in [6.07, 6.45) is 1.54. The molecule has 124 valence electrons. The van der Waals surface area contributed by atoms with Crippen LogP contribution in [0.15, 0.2) is 47.1 Å². The van der Waals surface area contributed by atoms with Crippen LogP contribution >= 0.6 is 0 Å². The first-order valence-electron chi connectivity index (χ1n) is 7.44. The molecule has 3 N–H and O–H groups in total. The fraction of sp³-hybridized carbons (Fsp3) is 0.188. The lowest BCUT2D eigenvalue weighted by Crippen LogP contribution is -2.24. The molecule has 0 atom stereocenters. The predicted octanol–water partition coefficient (Wildman–Crippen LogP) is 1.77. The van der Waals surface area contributed by atoms with Gasteiger partial charge < -0.3 is 20.2 Å². The van der Waals surface area contributed by atoms with E-state index >= 15 is 0 Å². The van der Waals surface area contributed by atoms with E-state index in [1.165, 1.54) is 10.9 Å². The van der Waals surface area contributed by atoms with Gasteiger partial charge in [-0.2, -0.15) is 4.68 Å². The van der Waals surface area contributed by atoms with Crippen molar-refractivity contribution in [2.45, 2.75) is 13.5 Å². The van der Waals surface area contributed by atoms with Crippen LogP contribution in [0.2, 0.25) is 0 Å². The van der Waals surface area contributed by atoms with E-state index in [-0.39, 0.29) is 18.1 Å².